The molecule has 5 nitrogen and oxygen atoms in total. The Balaban J connectivity index is 1.62. The first-order chi connectivity index (χ1) is 18.2. The summed E-state index contributed by atoms with van der Waals surface area (Å²) in [6.07, 6.45) is 5.53. The lowest BCUT2D eigenvalue weighted by Gasteiger charge is -2.28. The average Bonchev–Trinajstić information content (AvgIpc) is 3.27. The zero-order chi connectivity index (χ0) is 25.2. The van der Waals surface area contributed by atoms with Crippen LogP contribution in [0, 0.1) is 11.3 Å². The molecule has 0 amide bonds. The molecular formula is C32H32N4O. The highest BCUT2D eigenvalue weighted by molar-refractivity contribution is 6.02. The van der Waals surface area contributed by atoms with E-state index in [-0.39, 0.29) is 12.0 Å². The molecule has 3 aromatic carbocycles. The van der Waals surface area contributed by atoms with E-state index in [0.29, 0.717) is 18.6 Å². The maximum atomic E-state index is 10.6. The number of rotatable bonds is 6. The van der Waals surface area contributed by atoms with Crippen LogP contribution in [0.2, 0.25) is 0 Å². The van der Waals surface area contributed by atoms with Crippen LogP contribution in [-0.4, -0.2) is 25.3 Å². The number of fused-ring (bicyclic) bond motifs is 1. The minimum atomic E-state index is -0.313. The summed E-state index contributed by atoms with van der Waals surface area (Å²) in [5.74, 6) is 0.155. The van der Waals surface area contributed by atoms with Gasteiger partial charge in [0.1, 0.15) is 11.1 Å². The molecule has 37 heavy (non-hydrogen) atoms. The van der Waals surface area contributed by atoms with Crippen molar-refractivity contribution in [1.29, 1.82) is 5.41 Å². The van der Waals surface area contributed by atoms with E-state index in [2.05, 4.69) is 77.4 Å². The van der Waals surface area contributed by atoms with Crippen LogP contribution in [0.1, 0.15) is 31.2 Å². The standard InChI is InChI=1S/C32H32N4O/c33-31-29-28(24-14-6-2-7-15-24)30(25-16-8-3-9-17-25)36(20-23-12-4-1-5-13-23)32(29)34-22-35(31)21-26-18-10-11-19-27(26)37/h1-9,12-17,22,26-27,33,37H,10-11,18-21H2/t26-,27+/m0/s1. The van der Waals surface area contributed by atoms with Gasteiger partial charge in [-0.15, -0.1) is 0 Å². The molecule has 1 aliphatic rings. The van der Waals surface area contributed by atoms with Gasteiger partial charge in [0.2, 0.25) is 0 Å². The zero-order valence-electron chi connectivity index (χ0n) is 20.9. The van der Waals surface area contributed by atoms with Crippen LogP contribution in [0.3, 0.4) is 0 Å². The monoisotopic (exact) mass is 488 g/mol. The van der Waals surface area contributed by atoms with Crippen LogP contribution in [0.15, 0.2) is 97.3 Å². The van der Waals surface area contributed by atoms with Crippen molar-refractivity contribution in [2.75, 3.05) is 0 Å². The summed E-state index contributed by atoms with van der Waals surface area (Å²) in [5, 5.41) is 20.9. The van der Waals surface area contributed by atoms with Crippen LogP contribution < -0.4 is 5.49 Å². The number of nitrogens with zero attached hydrogens (tertiary/aromatic N) is 3. The van der Waals surface area contributed by atoms with Crippen LogP contribution in [-0.2, 0) is 13.1 Å². The predicted octanol–water partition coefficient (Wildman–Crippen LogP) is 6.25. The van der Waals surface area contributed by atoms with Gasteiger partial charge < -0.3 is 14.2 Å². The first-order valence-corrected chi connectivity index (χ1v) is 13.2. The molecule has 0 radical (unpaired) electrons. The maximum absolute atomic E-state index is 10.6. The second-order valence-corrected chi connectivity index (χ2v) is 10.1. The van der Waals surface area contributed by atoms with Gasteiger partial charge >= 0.3 is 0 Å². The van der Waals surface area contributed by atoms with Crippen LogP contribution >= 0.6 is 0 Å². The smallest absolute Gasteiger partial charge is 0.146 e. The minimum Gasteiger partial charge on any atom is -0.393 e. The van der Waals surface area contributed by atoms with Crippen molar-refractivity contribution in [3.63, 3.8) is 0 Å². The quantitative estimate of drug-likeness (QED) is 0.297. The Morgan fingerprint density at radius 1 is 0.811 bits per heavy atom. The van der Waals surface area contributed by atoms with Crippen LogP contribution in [0.5, 0.6) is 0 Å². The molecule has 0 aliphatic heterocycles. The Labute approximate surface area is 217 Å². The topological polar surface area (TPSA) is 66.8 Å². The molecular weight excluding hydrogens is 456 g/mol. The van der Waals surface area contributed by atoms with Gasteiger partial charge in [-0.25, -0.2) is 4.98 Å². The van der Waals surface area contributed by atoms with E-state index in [4.69, 9.17) is 4.98 Å². The Morgan fingerprint density at radius 3 is 2.11 bits per heavy atom. The first-order valence-electron chi connectivity index (χ1n) is 13.2. The lowest BCUT2D eigenvalue weighted by Crippen LogP contribution is -2.32. The molecule has 0 spiro atoms. The van der Waals surface area contributed by atoms with Crippen molar-refractivity contribution < 1.29 is 5.11 Å². The molecule has 6 rings (SSSR count). The highest BCUT2D eigenvalue weighted by Gasteiger charge is 2.26. The maximum Gasteiger partial charge on any atom is 0.146 e. The fourth-order valence-corrected chi connectivity index (χ4v) is 5.78. The molecule has 2 N–H and O–H groups in total. The van der Waals surface area contributed by atoms with E-state index in [1.165, 1.54) is 5.56 Å². The third-order valence-corrected chi connectivity index (χ3v) is 7.67. The number of benzene rings is 3. The summed E-state index contributed by atoms with van der Waals surface area (Å²) in [6, 6.07) is 31.2. The summed E-state index contributed by atoms with van der Waals surface area (Å²) < 4.78 is 4.20. The summed E-state index contributed by atoms with van der Waals surface area (Å²) in [4.78, 5) is 4.99. The number of hydrogen-bond acceptors (Lipinski definition) is 3. The molecule has 0 unspecified atom stereocenters. The van der Waals surface area contributed by atoms with E-state index in [0.717, 1.165) is 59.1 Å². The Bertz CT molecular complexity index is 1560. The molecule has 5 aromatic rings. The molecule has 1 fully saturated rings. The van der Waals surface area contributed by atoms with Crippen molar-refractivity contribution in [2.24, 2.45) is 5.92 Å². The number of aliphatic hydroxyl groups is 1. The van der Waals surface area contributed by atoms with Gasteiger partial charge in [-0.2, -0.15) is 0 Å². The molecule has 2 aromatic heterocycles. The Hall–Kier alpha value is -3.96. The van der Waals surface area contributed by atoms with Crippen molar-refractivity contribution >= 4 is 11.0 Å². The number of nitrogens with one attached hydrogen (secondary N) is 1. The van der Waals surface area contributed by atoms with Gasteiger partial charge in [-0.3, -0.25) is 5.41 Å². The zero-order valence-corrected chi connectivity index (χ0v) is 20.9. The molecule has 186 valence electrons. The number of aliphatic hydroxyl groups excluding tert-OH is 1. The first kappa shape index (κ1) is 23.4. The molecule has 2 atom stereocenters. The second-order valence-electron chi connectivity index (χ2n) is 10.1. The van der Waals surface area contributed by atoms with Crippen molar-refractivity contribution in [2.45, 2.75) is 44.9 Å². The van der Waals surface area contributed by atoms with Gasteiger partial charge in [0, 0.05) is 24.6 Å². The van der Waals surface area contributed by atoms with E-state index in [9.17, 15) is 10.5 Å². The minimum absolute atomic E-state index is 0.155. The summed E-state index contributed by atoms with van der Waals surface area (Å²) in [7, 11) is 0. The second kappa shape index (κ2) is 10.2. The molecule has 0 bridgehead atoms. The fourth-order valence-electron chi connectivity index (χ4n) is 5.78. The molecule has 1 aliphatic carbocycles. The third kappa shape index (κ3) is 4.51. The van der Waals surface area contributed by atoms with E-state index < -0.39 is 0 Å². The number of aromatic nitrogens is 3. The normalized spacial score (nSPS) is 17.8. The molecule has 5 heteroatoms. The largest absolute Gasteiger partial charge is 0.393 e. The van der Waals surface area contributed by atoms with Crippen molar-refractivity contribution in [3.05, 3.63) is 108 Å². The van der Waals surface area contributed by atoms with Crippen molar-refractivity contribution in [1.82, 2.24) is 14.1 Å². The van der Waals surface area contributed by atoms with Crippen molar-refractivity contribution in [3.8, 4) is 22.4 Å². The summed E-state index contributed by atoms with van der Waals surface area (Å²) in [6.45, 7) is 1.27. The average molecular weight is 489 g/mol. The summed E-state index contributed by atoms with van der Waals surface area (Å²) in [5.41, 5.74) is 6.73. The fraction of sp³-hybridized carbons (Fsp3) is 0.250. The molecule has 2 heterocycles. The van der Waals surface area contributed by atoms with Gasteiger partial charge in [0.25, 0.3) is 0 Å². The van der Waals surface area contributed by atoms with E-state index in [1.54, 1.807) is 6.33 Å². The third-order valence-electron chi connectivity index (χ3n) is 7.67. The molecule has 0 saturated heterocycles. The highest BCUT2D eigenvalue weighted by Crippen LogP contribution is 2.39. The van der Waals surface area contributed by atoms with Gasteiger partial charge in [-0.05, 0) is 29.5 Å². The summed E-state index contributed by atoms with van der Waals surface area (Å²) >= 11 is 0. The van der Waals surface area contributed by atoms with E-state index in [1.807, 2.05) is 22.8 Å². The lowest BCUT2D eigenvalue weighted by molar-refractivity contribution is 0.0598. The van der Waals surface area contributed by atoms with Gasteiger partial charge in [0.15, 0.2) is 0 Å². The van der Waals surface area contributed by atoms with Crippen LogP contribution in [0.25, 0.3) is 33.4 Å². The molecule has 1 saturated carbocycles. The van der Waals surface area contributed by atoms with E-state index >= 15 is 0 Å². The lowest BCUT2D eigenvalue weighted by atomic mass is 9.86. The van der Waals surface area contributed by atoms with Gasteiger partial charge in [0.05, 0.1) is 23.5 Å². The SMILES string of the molecule is N=c1c2c(-c3ccccc3)c(-c3ccccc3)n(Cc3ccccc3)c2ncn1C[C@@H]1CCCC[C@H]1O. The predicted molar refractivity (Wildman–Crippen MR) is 148 cm³/mol. The highest BCUT2D eigenvalue weighted by atomic mass is 16.3. The Morgan fingerprint density at radius 2 is 1.43 bits per heavy atom. The Kier molecular flexibility index (Phi) is 6.46. The number of hydrogen-bond donors (Lipinski definition) is 2. The van der Waals surface area contributed by atoms with Crippen LogP contribution in [0.4, 0.5) is 0 Å². The van der Waals surface area contributed by atoms with Gasteiger partial charge in [-0.1, -0.05) is 104 Å².